The number of allylic oxidation sites excluding steroid dienone is 1. The number of anilines is 3. The molecule has 224 valence electrons. The molecule has 2 aromatic carbocycles. The van der Waals surface area contributed by atoms with Crippen LogP contribution in [0.15, 0.2) is 91.4 Å². The molecule has 0 saturated carbocycles. The summed E-state index contributed by atoms with van der Waals surface area (Å²) in [6.45, 7) is 8.25. The van der Waals surface area contributed by atoms with Gasteiger partial charge in [0, 0.05) is 41.8 Å². The summed E-state index contributed by atoms with van der Waals surface area (Å²) in [4.78, 5) is 26.0. The number of rotatable bonds is 6. The summed E-state index contributed by atoms with van der Waals surface area (Å²) in [6, 6.07) is 22.0. The largest absolute Gasteiger partial charge is 0.367 e. The minimum atomic E-state index is -0.584. The smallest absolute Gasteiger partial charge is 0.325 e. The van der Waals surface area contributed by atoms with E-state index >= 15 is 0 Å². The van der Waals surface area contributed by atoms with Crippen LogP contribution < -0.4 is 15.5 Å². The number of fused-ring (bicyclic) bond motifs is 1. The van der Waals surface area contributed by atoms with Crippen LogP contribution in [-0.4, -0.2) is 38.9 Å². The lowest BCUT2D eigenvalue weighted by Crippen LogP contribution is -2.33. The van der Waals surface area contributed by atoms with E-state index < -0.39 is 6.03 Å². The molecular weight excluding hydrogens is 546 g/mol. The van der Waals surface area contributed by atoms with Crippen LogP contribution in [0.25, 0.3) is 22.0 Å². The van der Waals surface area contributed by atoms with Gasteiger partial charge in [-0.25, -0.2) is 14.4 Å². The molecule has 1 aliphatic rings. The lowest BCUT2D eigenvalue weighted by Gasteiger charge is -2.32. The van der Waals surface area contributed by atoms with Crippen molar-refractivity contribution >= 4 is 39.6 Å². The fraction of sp³-hybridized carbons (Fsp3) is 0.278. The Balaban J connectivity index is 1.47. The van der Waals surface area contributed by atoms with Crippen LogP contribution in [0, 0.1) is 6.92 Å². The van der Waals surface area contributed by atoms with Gasteiger partial charge in [0.15, 0.2) is 0 Å². The number of hydrogen-bond donors (Lipinski definition) is 1. The quantitative estimate of drug-likeness (QED) is 0.220. The Morgan fingerprint density at radius 3 is 2.48 bits per heavy atom. The van der Waals surface area contributed by atoms with Gasteiger partial charge in [0.1, 0.15) is 5.82 Å². The first-order valence-electron chi connectivity index (χ1n) is 15.1. The molecule has 44 heavy (non-hydrogen) atoms. The van der Waals surface area contributed by atoms with Crippen molar-refractivity contribution in [1.82, 2.24) is 19.7 Å². The molecule has 6 rings (SSSR count). The molecule has 2 N–H and O–H groups in total. The molecule has 8 nitrogen and oxygen atoms in total. The average molecular weight is 586 g/mol. The van der Waals surface area contributed by atoms with Crippen LogP contribution in [0.3, 0.4) is 0 Å². The number of carbonyl (C=O) groups excluding carboxylic acids is 1. The normalized spacial score (nSPS) is 15.2. The molecule has 5 aromatic rings. The van der Waals surface area contributed by atoms with Gasteiger partial charge in [-0.05, 0) is 73.0 Å². The van der Waals surface area contributed by atoms with E-state index in [0.717, 1.165) is 52.8 Å². The second-order valence-corrected chi connectivity index (χ2v) is 12.5. The maximum Gasteiger partial charge on any atom is 0.325 e. The fourth-order valence-electron chi connectivity index (χ4n) is 5.97. The number of amides is 2. The average Bonchev–Trinajstić information content (AvgIpc) is 3.47. The SMILES string of the molecule is Cc1ccc(-n2nc(C(C)(C)C)cc2N(C(N)=O)c2ccc(C3=CC(N(C)c4cccnc4)CCC3)c3ccccc23)cn1. The van der Waals surface area contributed by atoms with E-state index in [1.165, 1.54) is 11.1 Å². The first-order chi connectivity index (χ1) is 21.1. The van der Waals surface area contributed by atoms with Crippen molar-refractivity contribution in [3.05, 3.63) is 108 Å². The van der Waals surface area contributed by atoms with E-state index in [2.05, 4.69) is 73.0 Å². The Morgan fingerprint density at radius 1 is 1.00 bits per heavy atom. The molecule has 2 amide bonds. The first kappa shape index (κ1) is 29.1. The van der Waals surface area contributed by atoms with E-state index in [1.54, 1.807) is 22.0 Å². The van der Waals surface area contributed by atoms with Gasteiger partial charge >= 0.3 is 6.03 Å². The third-order valence-corrected chi connectivity index (χ3v) is 8.43. The van der Waals surface area contributed by atoms with Gasteiger partial charge < -0.3 is 10.6 Å². The zero-order chi connectivity index (χ0) is 31.0. The van der Waals surface area contributed by atoms with E-state index in [-0.39, 0.29) is 11.5 Å². The highest BCUT2D eigenvalue weighted by atomic mass is 16.2. The van der Waals surface area contributed by atoms with Crippen LogP contribution in [0.5, 0.6) is 0 Å². The maximum atomic E-state index is 13.3. The minimum Gasteiger partial charge on any atom is -0.367 e. The molecule has 0 aliphatic heterocycles. The third kappa shape index (κ3) is 5.55. The number of benzene rings is 2. The predicted molar refractivity (Wildman–Crippen MR) is 179 cm³/mol. The summed E-state index contributed by atoms with van der Waals surface area (Å²) in [5.41, 5.74) is 12.7. The molecule has 1 unspecified atom stereocenters. The van der Waals surface area contributed by atoms with Crippen LogP contribution in [0.1, 0.15) is 57.0 Å². The number of aryl methyl sites for hydroxylation is 1. The van der Waals surface area contributed by atoms with Gasteiger partial charge in [-0.1, -0.05) is 57.2 Å². The van der Waals surface area contributed by atoms with Crippen LogP contribution in [0.4, 0.5) is 22.0 Å². The second kappa shape index (κ2) is 11.6. The second-order valence-electron chi connectivity index (χ2n) is 12.5. The lowest BCUT2D eigenvalue weighted by molar-refractivity contribution is 0.256. The van der Waals surface area contributed by atoms with Gasteiger partial charge in [-0.2, -0.15) is 5.10 Å². The number of nitrogens with two attached hydrogens (primary N) is 1. The van der Waals surface area contributed by atoms with Crippen molar-refractivity contribution in [2.24, 2.45) is 5.73 Å². The Hall–Kier alpha value is -4.98. The first-order valence-corrected chi connectivity index (χ1v) is 15.1. The van der Waals surface area contributed by atoms with Crippen LogP contribution >= 0.6 is 0 Å². The predicted octanol–water partition coefficient (Wildman–Crippen LogP) is 7.71. The van der Waals surface area contributed by atoms with Crippen LogP contribution in [0.2, 0.25) is 0 Å². The zero-order valence-electron chi connectivity index (χ0n) is 26.0. The molecule has 3 aromatic heterocycles. The molecule has 0 fully saturated rings. The minimum absolute atomic E-state index is 0.250. The summed E-state index contributed by atoms with van der Waals surface area (Å²) < 4.78 is 1.77. The van der Waals surface area contributed by atoms with Crippen molar-refractivity contribution in [1.29, 1.82) is 0 Å². The van der Waals surface area contributed by atoms with Gasteiger partial charge in [0.2, 0.25) is 0 Å². The molecule has 0 saturated heterocycles. The van der Waals surface area contributed by atoms with Crippen molar-refractivity contribution < 1.29 is 4.79 Å². The monoisotopic (exact) mass is 585 g/mol. The highest BCUT2D eigenvalue weighted by molar-refractivity contribution is 6.09. The molecule has 0 spiro atoms. The van der Waals surface area contributed by atoms with E-state index in [4.69, 9.17) is 10.8 Å². The number of urea groups is 1. The van der Waals surface area contributed by atoms with Gasteiger partial charge in [0.25, 0.3) is 0 Å². The molecule has 0 radical (unpaired) electrons. The molecule has 1 aliphatic carbocycles. The van der Waals surface area contributed by atoms with Crippen LogP contribution in [-0.2, 0) is 5.41 Å². The molecule has 8 heteroatoms. The van der Waals surface area contributed by atoms with Gasteiger partial charge in [-0.3, -0.25) is 9.97 Å². The maximum absolute atomic E-state index is 13.3. The Morgan fingerprint density at radius 2 is 1.80 bits per heavy atom. The number of pyridine rings is 2. The van der Waals surface area contributed by atoms with Gasteiger partial charge in [0.05, 0.1) is 35.1 Å². The molecule has 0 bridgehead atoms. The Kier molecular flexibility index (Phi) is 7.67. The van der Waals surface area contributed by atoms with Crippen molar-refractivity contribution in [3.63, 3.8) is 0 Å². The summed E-state index contributed by atoms with van der Waals surface area (Å²) in [5, 5.41) is 6.96. The highest BCUT2D eigenvalue weighted by Crippen LogP contribution is 2.40. The number of likely N-dealkylation sites (N-methyl/N-ethyl adjacent to an activating group) is 1. The topological polar surface area (TPSA) is 93.2 Å². The lowest BCUT2D eigenvalue weighted by atomic mass is 9.87. The Labute approximate surface area is 258 Å². The van der Waals surface area contributed by atoms with E-state index in [0.29, 0.717) is 11.5 Å². The summed E-state index contributed by atoms with van der Waals surface area (Å²) in [7, 11) is 2.13. The molecule has 3 heterocycles. The fourth-order valence-corrected chi connectivity index (χ4v) is 5.97. The van der Waals surface area contributed by atoms with Crippen molar-refractivity contribution in [2.45, 2.75) is 58.4 Å². The zero-order valence-corrected chi connectivity index (χ0v) is 26.0. The Bertz CT molecular complexity index is 1830. The number of nitrogens with zero attached hydrogens (tertiary/aromatic N) is 6. The number of aromatic nitrogens is 4. The highest BCUT2D eigenvalue weighted by Gasteiger charge is 2.28. The van der Waals surface area contributed by atoms with Gasteiger partial charge in [-0.15, -0.1) is 0 Å². The van der Waals surface area contributed by atoms with E-state index in [1.807, 2.05) is 55.6 Å². The number of primary amides is 1. The summed E-state index contributed by atoms with van der Waals surface area (Å²) in [6.07, 6.45) is 11.0. The standard InChI is InChI=1S/C36H39N7O/c1-24-15-16-28(23-39-24)43-34(21-33(40-43)36(2,3)4)42(35(37)44)32-18-17-29(30-13-6-7-14-31(30)32)25-10-8-11-26(20-25)41(5)27-12-9-19-38-22-27/h6-7,9,12-23,26H,8,10-11H2,1-5H3,(H2,37,44). The van der Waals surface area contributed by atoms with E-state index in [9.17, 15) is 4.79 Å². The molecule has 1 atom stereocenters. The molecular formula is C36H39N7O. The van der Waals surface area contributed by atoms with Crippen molar-refractivity contribution in [3.8, 4) is 5.69 Å². The third-order valence-electron chi connectivity index (χ3n) is 8.43. The number of carbonyl (C=O) groups is 1. The van der Waals surface area contributed by atoms with Crippen molar-refractivity contribution in [2.75, 3.05) is 16.8 Å². The summed E-state index contributed by atoms with van der Waals surface area (Å²) in [5.74, 6) is 0.570. The number of hydrogen-bond acceptors (Lipinski definition) is 5. The summed E-state index contributed by atoms with van der Waals surface area (Å²) >= 11 is 0.